The monoisotopic (exact) mass is 171 g/mol. The Kier molecular flexibility index (Phi) is 3.87. The first-order valence-corrected chi connectivity index (χ1v) is 4.50. The normalized spacial score (nSPS) is 18.2. The molecule has 1 aliphatic carbocycles. The van der Waals surface area contributed by atoms with Gasteiger partial charge in [0, 0.05) is 0 Å². The number of nitrogens with zero attached hydrogens (tertiary/aromatic N) is 1. The zero-order valence-electron chi connectivity index (χ0n) is 7.29. The Morgan fingerprint density at radius 3 is 2.92 bits per heavy atom. The lowest BCUT2D eigenvalue weighted by atomic mass is 10.2. The van der Waals surface area contributed by atoms with Crippen LogP contribution in [0, 0.1) is 5.92 Å². The minimum atomic E-state index is 0.251. The summed E-state index contributed by atoms with van der Waals surface area (Å²) in [5.41, 5.74) is 5.26. The SMILES string of the molecule is NC(CNCCCC1CC1)=NO. The summed E-state index contributed by atoms with van der Waals surface area (Å²) in [6.07, 6.45) is 5.35. The zero-order valence-corrected chi connectivity index (χ0v) is 7.29. The van der Waals surface area contributed by atoms with E-state index in [1.54, 1.807) is 0 Å². The minimum Gasteiger partial charge on any atom is -0.409 e. The molecule has 4 heteroatoms. The van der Waals surface area contributed by atoms with Gasteiger partial charge >= 0.3 is 0 Å². The molecule has 0 aliphatic heterocycles. The molecule has 12 heavy (non-hydrogen) atoms. The van der Waals surface area contributed by atoms with Crippen LogP contribution in [-0.4, -0.2) is 24.1 Å². The third-order valence-electron chi connectivity index (χ3n) is 2.10. The quantitative estimate of drug-likeness (QED) is 0.179. The number of amidine groups is 1. The molecule has 4 N–H and O–H groups in total. The Balaban J connectivity index is 1.81. The summed E-state index contributed by atoms with van der Waals surface area (Å²) in [7, 11) is 0. The van der Waals surface area contributed by atoms with Gasteiger partial charge in [0.25, 0.3) is 0 Å². The van der Waals surface area contributed by atoms with Gasteiger partial charge in [-0.2, -0.15) is 0 Å². The fraction of sp³-hybridized carbons (Fsp3) is 0.875. The van der Waals surface area contributed by atoms with Crippen molar-refractivity contribution in [3.63, 3.8) is 0 Å². The number of oxime groups is 1. The Morgan fingerprint density at radius 1 is 1.58 bits per heavy atom. The summed E-state index contributed by atoms with van der Waals surface area (Å²) < 4.78 is 0. The predicted molar refractivity (Wildman–Crippen MR) is 48.2 cm³/mol. The van der Waals surface area contributed by atoms with Crippen molar-refractivity contribution in [3.05, 3.63) is 0 Å². The molecule has 0 spiro atoms. The molecule has 1 saturated carbocycles. The van der Waals surface area contributed by atoms with Crippen LogP contribution in [0.5, 0.6) is 0 Å². The third-order valence-corrected chi connectivity index (χ3v) is 2.10. The number of nitrogens with two attached hydrogens (primary N) is 1. The van der Waals surface area contributed by atoms with Crippen LogP contribution < -0.4 is 11.1 Å². The van der Waals surface area contributed by atoms with Gasteiger partial charge in [0.1, 0.15) is 0 Å². The van der Waals surface area contributed by atoms with E-state index in [4.69, 9.17) is 10.9 Å². The predicted octanol–water partition coefficient (Wildman–Crippen LogP) is 0.513. The first kappa shape index (κ1) is 9.32. The van der Waals surface area contributed by atoms with Crippen molar-refractivity contribution in [2.24, 2.45) is 16.8 Å². The molecule has 0 radical (unpaired) electrons. The van der Waals surface area contributed by atoms with Gasteiger partial charge in [-0.05, 0) is 25.3 Å². The van der Waals surface area contributed by atoms with E-state index in [1.807, 2.05) is 0 Å². The number of hydrogen-bond acceptors (Lipinski definition) is 3. The summed E-state index contributed by atoms with van der Waals surface area (Å²) in [5, 5.41) is 14.2. The molecule has 0 aromatic carbocycles. The number of hydrogen-bond donors (Lipinski definition) is 3. The summed E-state index contributed by atoms with van der Waals surface area (Å²) in [5.74, 6) is 1.25. The van der Waals surface area contributed by atoms with Gasteiger partial charge in [-0.15, -0.1) is 0 Å². The second kappa shape index (κ2) is 4.98. The van der Waals surface area contributed by atoms with Crippen molar-refractivity contribution >= 4 is 5.84 Å². The topological polar surface area (TPSA) is 70.6 Å². The molecule has 1 aliphatic rings. The van der Waals surface area contributed by atoms with E-state index in [2.05, 4.69) is 10.5 Å². The maximum Gasteiger partial charge on any atom is 0.153 e. The molecule has 0 bridgehead atoms. The lowest BCUT2D eigenvalue weighted by molar-refractivity contribution is 0.317. The fourth-order valence-electron chi connectivity index (χ4n) is 1.17. The lowest BCUT2D eigenvalue weighted by Crippen LogP contribution is -2.29. The highest BCUT2D eigenvalue weighted by Gasteiger charge is 2.19. The van der Waals surface area contributed by atoms with Gasteiger partial charge in [0.15, 0.2) is 5.84 Å². The molecule has 0 amide bonds. The average molecular weight is 171 g/mol. The van der Waals surface area contributed by atoms with Crippen molar-refractivity contribution in [1.82, 2.24) is 5.32 Å². The second-order valence-corrected chi connectivity index (χ2v) is 3.35. The Labute approximate surface area is 72.8 Å². The van der Waals surface area contributed by atoms with Gasteiger partial charge in [0.2, 0.25) is 0 Å². The first-order chi connectivity index (χ1) is 5.83. The summed E-state index contributed by atoms with van der Waals surface area (Å²) in [4.78, 5) is 0. The highest BCUT2D eigenvalue weighted by Crippen LogP contribution is 2.33. The third kappa shape index (κ3) is 4.18. The summed E-state index contributed by atoms with van der Waals surface area (Å²) in [6.45, 7) is 1.45. The molecule has 0 saturated heterocycles. The Bertz CT molecular complexity index is 154. The van der Waals surface area contributed by atoms with Crippen molar-refractivity contribution < 1.29 is 5.21 Å². The molecule has 0 unspecified atom stereocenters. The van der Waals surface area contributed by atoms with Gasteiger partial charge in [0.05, 0.1) is 6.54 Å². The Morgan fingerprint density at radius 2 is 2.33 bits per heavy atom. The Hall–Kier alpha value is -0.770. The summed E-state index contributed by atoms with van der Waals surface area (Å²) >= 11 is 0. The van der Waals surface area contributed by atoms with Crippen LogP contribution in [-0.2, 0) is 0 Å². The fourth-order valence-corrected chi connectivity index (χ4v) is 1.17. The molecule has 0 heterocycles. The van der Waals surface area contributed by atoms with Crippen LogP contribution in [0.25, 0.3) is 0 Å². The van der Waals surface area contributed by atoms with E-state index >= 15 is 0 Å². The van der Waals surface area contributed by atoms with Crippen LogP contribution in [0.2, 0.25) is 0 Å². The van der Waals surface area contributed by atoms with Gasteiger partial charge < -0.3 is 16.3 Å². The molecule has 1 fully saturated rings. The first-order valence-electron chi connectivity index (χ1n) is 4.50. The largest absolute Gasteiger partial charge is 0.409 e. The van der Waals surface area contributed by atoms with Crippen molar-refractivity contribution in [1.29, 1.82) is 0 Å². The number of nitrogens with one attached hydrogen (secondary N) is 1. The van der Waals surface area contributed by atoms with Crippen molar-refractivity contribution in [2.45, 2.75) is 25.7 Å². The van der Waals surface area contributed by atoms with E-state index in [1.165, 1.54) is 25.7 Å². The molecule has 0 aromatic heterocycles. The van der Waals surface area contributed by atoms with Crippen LogP contribution in [0.1, 0.15) is 25.7 Å². The molecule has 0 aromatic rings. The van der Waals surface area contributed by atoms with E-state index in [0.717, 1.165) is 12.5 Å². The molecular weight excluding hydrogens is 154 g/mol. The van der Waals surface area contributed by atoms with Gasteiger partial charge in [-0.25, -0.2) is 0 Å². The summed E-state index contributed by atoms with van der Waals surface area (Å²) in [6, 6.07) is 0. The van der Waals surface area contributed by atoms with E-state index in [0.29, 0.717) is 6.54 Å². The van der Waals surface area contributed by atoms with E-state index in [9.17, 15) is 0 Å². The maximum absolute atomic E-state index is 8.21. The van der Waals surface area contributed by atoms with Crippen LogP contribution in [0.3, 0.4) is 0 Å². The minimum absolute atomic E-state index is 0.251. The van der Waals surface area contributed by atoms with E-state index < -0.39 is 0 Å². The van der Waals surface area contributed by atoms with Crippen LogP contribution in [0.4, 0.5) is 0 Å². The second-order valence-electron chi connectivity index (χ2n) is 3.35. The molecule has 4 nitrogen and oxygen atoms in total. The average Bonchev–Trinajstić information content (AvgIpc) is 2.87. The van der Waals surface area contributed by atoms with Gasteiger partial charge in [-0.1, -0.05) is 18.0 Å². The lowest BCUT2D eigenvalue weighted by Gasteiger charge is -2.01. The molecule has 70 valence electrons. The molecular formula is C8H17N3O. The molecule has 0 atom stereocenters. The van der Waals surface area contributed by atoms with Gasteiger partial charge in [-0.3, -0.25) is 0 Å². The highest BCUT2D eigenvalue weighted by atomic mass is 16.4. The van der Waals surface area contributed by atoms with Crippen LogP contribution in [0.15, 0.2) is 5.16 Å². The maximum atomic E-state index is 8.21. The molecule has 1 rings (SSSR count). The smallest absolute Gasteiger partial charge is 0.153 e. The standard InChI is InChI=1S/C8H17N3O/c9-8(11-12)6-10-5-1-2-7-3-4-7/h7,10,12H,1-6H2,(H2,9,11). The van der Waals surface area contributed by atoms with E-state index in [-0.39, 0.29) is 5.84 Å². The number of rotatable bonds is 6. The van der Waals surface area contributed by atoms with Crippen molar-refractivity contribution in [3.8, 4) is 0 Å². The zero-order chi connectivity index (χ0) is 8.81. The van der Waals surface area contributed by atoms with Crippen molar-refractivity contribution in [2.75, 3.05) is 13.1 Å². The van der Waals surface area contributed by atoms with Crippen LogP contribution >= 0.6 is 0 Å². The highest BCUT2D eigenvalue weighted by molar-refractivity contribution is 5.81.